The molecule has 2 aliphatic carbocycles. The molecular weight excluding hydrogens is 700 g/mol. The average Bonchev–Trinajstić information content (AvgIpc) is 3.16. The number of benzene rings is 2. The molecule has 300 valence electrons. The van der Waals surface area contributed by atoms with E-state index in [2.05, 4.69) is 12.7 Å². The van der Waals surface area contributed by atoms with Crippen LogP contribution in [0.5, 0.6) is 17.2 Å². The molecular formula is C44H60N2O9. The Bertz CT molecular complexity index is 1680. The van der Waals surface area contributed by atoms with Crippen molar-refractivity contribution in [1.82, 2.24) is 4.90 Å². The smallest absolute Gasteiger partial charge is 0.410 e. The molecule has 0 radical (unpaired) electrons. The highest BCUT2D eigenvalue weighted by molar-refractivity contribution is 6.03. The summed E-state index contributed by atoms with van der Waals surface area (Å²) >= 11 is 0. The highest BCUT2D eigenvalue weighted by atomic mass is 16.7. The number of carbonyl (C=O) groups is 2. The lowest BCUT2D eigenvalue weighted by atomic mass is 9.55. The Morgan fingerprint density at radius 3 is 2.47 bits per heavy atom. The molecule has 1 amide bonds. The minimum atomic E-state index is -1.37. The molecule has 0 saturated heterocycles. The van der Waals surface area contributed by atoms with E-state index < -0.39 is 29.4 Å². The number of amides is 1. The summed E-state index contributed by atoms with van der Waals surface area (Å²) in [6, 6.07) is 12.2. The number of fused-ring (bicyclic) bond motifs is 2. The molecule has 2 N–H and O–H groups in total. The maximum Gasteiger partial charge on any atom is 0.410 e. The first-order valence-corrected chi connectivity index (χ1v) is 20.0. The Kier molecular flexibility index (Phi) is 14.6. The molecule has 55 heavy (non-hydrogen) atoms. The Morgan fingerprint density at radius 1 is 1.05 bits per heavy atom. The molecule has 1 aliphatic heterocycles. The van der Waals surface area contributed by atoms with Gasteiger partial charge in [-0.15, -0.1) is 6.58 Å². The van der Waals surface area contributed by atoms with Crippen LogP contribution in [0.25, 0.3) is 0 Å². The third kappa shape index (κ3) is 9.62. The van der Waals surface area contributed by atoms with Gasteiger partial charge in [0.2, 0.25) is 5.79 Å². The van der Waals surface area contributed by atoms with Crippen molar-refractivity contribution < 1.29 is 43.6 Å². The highest BCUT2D eigenvalue weighted by Gasteiger charge is 2.65. The Hall–Kier alpha value is -4.19. The van der Waals surface area contributed by atoms with Gasteiger partial charge in [-0.25, -0.2) is 4.79 Å². The molecule has 1 fully saturated rings. The summed E-state index contributed by atoms with van der Waals surface area (Å²) in [5, 5.41) is 24.6. The zero-order chi connectivity index (χ0) is 39.6. The number of nitrogens with zero attached hydrogens (tertiary/aromatic N) is 2. The van der Waals surface area contributed by atoms with E-state index in [0.29, 0.717) is 55.0 Å². The molecule has 0 unspecified atom stereocenters. The standard InChI is InChI=1S/C44H60N2O9/c1-7-21-46(42(50)51-9-3)39-28-37(45-55-43(4,5)6)35-26-31(16-10-12-22-47)34(18-11-13-23-48)40-36-27-33(53-32-17-14-15-30(25-32)29-49)19-20-38(36)54-44(39,41(35)40)52-24-8-2/h8,14-15,17,19-20,25-27,29,31,34,39-41,47-48H,2,7,9-13,16,18,21-24,28H2,1,3-6H3/t31-,34+,39-,40+,41+,44+/m0/s1. The summed E-state index contributed by atoms with van der Waals surface area (Å²) in [6.45, 7) is 14.7. The van der Waals surface area contributed by atoms with Crippen molar-refractivity contribution in [3.63, 3.8) is 0 Å². The maximum absolute atomic E-state index is 13.9. The Morgan fingerprint density at radius 2 is 1.80 bits per heavy atom. The summed E-state index contributed by atoms with van der Waals surface area (Å²) in [5.74, 6) is -0.124. The highest BCUT2D eigenvalue weighted by Crippen LogP contribution is 2.62. The van der Waals surface area contributed by atoms with Crippen molar-refractivity contribution in [1.29, 1.82) is 0 Å². The number of carbonyl (C=O) groups excluding carboxylic acids is 2. The molecule has 0 spiro atoms. The number of aliphatic hydroxyl groups excluding tert-OH is 2. The topological polar surface area (TPSA) is 136 Å². The van der Waals surface area contributed by atoms with Gasteiger partial charge in [-0.2, -0.15) is 0 Å². The first kappa shape index (κ1) is 42.0. The normalized spacial score (nSPS) is 24.8. The number of aliphatic hydroxyl groups is 2. The van der Waals surface area contributed by atoms with E-state index in [9.17, 15) is 19.8 Å². The van der Waals surface area contributed by atoms with Crippen molar-refractivity contribution in [2.45, 2.75) is 109 Å². The number of allylic oxidation sites excluding steroid dienone is 1. The molecule has 5 rings (SSSR count). The number of rotatable bonds is 19. The second kappa shape index (κ2) is 19.1. The van der Waals surface area contributed by atoms with Gasteiger partial charge >= 0.3 is 6.09 Å². The number of ether oxygens (including phenoxy) is 4. The first-order chi connectivity index (χ1) is 26.5. The van der Waals surface area contributed by atoms with Gasteiger partial charge in [0.05, 0.1) is 24.8 Å². The van der Waals surface area contributed by atoms with Crippen molar-refractivity contribution in [2.24, 2.45) is 22.9 Å². The van der Waals surface area contributed by atoms with Crippen LogP contribution >= 0.6 is 0 Å². The number of unbranched alkanes of at least 4 members (excludes halogenated alkanes) is 2. The van der Waals surface area contributed by atoms with Gasteiger partial charge in [0.1, 0.15) is 35.2 Å². The minimum absolute atomic E-state index is 0.0627. The van der Waals surface area contributed by atoms with Crippen LogP contribution in [0.2, 0.25) is 0 Å². The van der Waals surface area contributed by atoms with Crippen LogP contribution in [0.4, 0.5) is 4.79 Å². The summed E-state index contributed by atoms with van der Waals surface area (Å²) < 4.78 is 26.3. The van der Waals surface area contributed by atoms with Crippen molar-refractivity contribution in [2.75, 3.05) is 33.0 Å². The van der Waals surface area contributed by atoms with Crippen molar-refractivity contribution in [3.8, 4) is 17.2 Å². The van der Waals surface area contributed by atoms with Crippen LogP contribution in [0.3, 0.4) is 0 Å². The fourth-order valence-corrected chi connectivity index (χ4v) is 8.51. The zero-order valence-electron chi connectivity index (χ0n) is 33.2. The molecule has 2 aromatic rings. The predicted octanol–water partition coefficient (Wildman–Crippen LogP) is 8.59. The van der Waals surface area contributed by atoms with Crippen LogP contribution in [-0.4, -0.2) is 83.6 Å². The summed E-state index contributed by atoms with van der Waals surface area (Å²) in [7, 11) is 0. The molecule has 2 aromatic carbocycles. The van der Waals surface area contributed by atoms with Gasteiger partial charge in [-0.1, -0.05) is 49.2 Å². The van der Waals surface area contributed by atoms with Gasteiger partial charge in [0.25, 0.3) is 0 Å². The largest absolute Gasteiger partial charge is 0.459 e. The van der Waals surface area contributed by atoms with E-state index in [4.69, 9.17) is 28.9 Å². The van der Waals surface area contributed by atoms with Gasteiger partial charge in [-0.05, 0) is 108 Å². The number of hydrogen-bond acceptors (Lipinski definition) is 10. The Balaban J connectivity index is 1.79. The third-order valence-corrected chi connectivity index (χ3v) is 10.6. The lowest BCUT2D eigenvalue weighted by Crippen LogP contribution is -2.70. The summed E-state index contributed by atoms with van der Waals surface area (Å²) in [5.41, 5.74) is 2.55. The van der Waals surface area contributed by atoms with E-state index in [1.165, 1.54) is 0 Å². The van der Waals surface area contributed by atoms with Gasteiger partial charge in [0.15, 0.2) is 0 Å². The fourth-order valence-electron chi connectivity index (χ4n) is 8.51. The van der Waals surface area contributed by atoms with Crippen LogP contribution in [0.1, 0.15) is 108 Å². The zero-order valence-corrected chi connectivity index (χ0v) is 33.2. The molecule has 11 nitrogen and oxygen atoms in total. The SMILES string of the molecule is C=CCO[C@@]12Oc3ccc(Oc4cccc(C=O)c4)cc3[C@H]3[C@H](CCCCO)[C@@H](CCCCO)C=C(C(=NOC(C)(C)C)C[C@@H]1N(CCC)C(=O)OCC)[C@H]32. The number of oxime groups is 1. The Labute approximate surface area is 326 Å². The maximum atomic E-state index is 13.9. The fraction of sp³-hybridized carbons (Fsp3) is 0.568. The van der Waals surface area contributed by atoms with E-state index in [-0.39, 0.29) is 44.2 Å². The monoisotopic (exact) mass is 760 g/mol. The number of hydrogen-bond donors (Lipinski definition) is 2. The van der Waals surface area contributed by atoms with Gasteiger partial charge in [0, 0.05) is 43.2 Å². The van der Waals surface area contributed by atoms with Crippen LogP contribution in [0, 0.1) is 17.8 Å². The number of aldehydes is 1. The first-order valence-electron chi connectivity index (χ1n) is 20.0. The van der Waals surface area contributed by atoms with Crippen molar-refractivity contribution >= 4 is 18.1 Å². The molecule has 1 saturated carbocycles. The molecule has 3 aliphatic rings. The van der Waals surface area contributed by atoms with Gasteiger partial charge < -0.3 is 34.0 Å². The minimum Gasteiger partial charge on any atom is -0.459 e. The lowest BCUT2D eigenvalue weighted by molar-refractivity contribution is -0.255. The van der Waals surface area contributed by atoms with Crippen molar-refractivity contribution in [3.05, 3.63) is 77.9 Å². The van der Waals surface area contributed by atoms with Crippen LogP contribution < -0.4 is 9.47 Å². The van der Waals surface area contributed by atoms with Crippen LogP contribution in [-0.2, 0) is 14.3 Å². The molecule has 0 bridgehead atoms. The predicted molar refractivity (Wildman–Crippen MR) is 212 cm³/mol. The van der Waals surface area contributed by atoms with Gasteiger partial charge in [-0.3, -0.25) is 9.69 Å². The van der Waals surface area contributed by atoms with E-state index >= 15 is 0 Å². The second-order valence-electron chi connectivity index (χ2n) is 15.7. The summed E-state index contributed by atoms with van der Waals surface area (Å²) in [6.07, 6.45) is 9.96. The quantitative estimate of drug-likeness (QED) is 0.0625. The second-order valence-corrected chi connectivity index (χ2v) is 15.7. The molecule has 0 aromatic heterocycles. The lowest BCUT2D eigenvalue weighted by Gasteiger charge is -2.60. The van der Waals surface area contributed by atoms with E-state index in [1.54, 1.807) is 36.1 Å². The summed E-state index contributed by atoms with van der Waals surface area (Å²) in [4.78, 5) is 33.4. The molecule has 1 heterocycles. The van der Waals surface area contributed by atoms with E-state index in [1.807, 2.05) is 52.0 Å². The van der Waals surface area contributed by atoms with E-state index in [0.717, 1.165) is 48.8 Å². The average molecular weight is 761 g/mol. The van der Waals surface area contributed by atoms with Crippen LogP contribution in [0.15, 0.2) is 71.9 Å². The molecule has 11 heteroatoms. The third-order valence-electron chi connectivity index (χ3n) is 10.6. The molecule has 6 atom stereocenters.